The lowest BCUT2D eigenvalue weighted by molar-refractivity contribution is 0.0322. The molecule has 1 fully saturated rings. The van der Waals surface area contributed by atoms with Gasteiger partial charge in [-0.1, -0.05) is 0 Å². The molecule has 1 aromatic heterocycles. The van der Waals surface area contributed by atoms with Crippen LogP contribution in [-0.4, -0.2) is 73.8 Å². The average molecular weight is 502 g/mol. The van der Waals surface area contributed by atoms with Crippen molar-refractivity contribution >= 4 is 17.3 Å². The van der Waals surface area contributed by atoms with Crippen LogP contribution in [0.4, 0.5) is 11.6 Å². The monoisotopic (exact) mass is 501 g/mol. The van der Waals surface area contributed by atoms with E-state index in [1.807, 2.05) is 18.2 Å². The highest BCUT2D eigenvalue weighted by atomic mass is 16.5. The fourth-order valence-electron chi connectivity index (χ4n) is 5.15. The van der Waals surface area contributed by atoms with Gasteiger partial charge in [0.15, 0.2) is 0 Å². The molecule has 192 valence electrons. The molecule has 0 radical (unpaired) electrons. The third-order valence-electron chi connectivity index (χ3n) is 7.19. The van der Waals surface area contributed by atoms with Gasteiger partial charge in [0, 0.05) is 55.0 Å². The van der Waals surface area contributed by atoms with Crippen molar-refractivity contribution in [1.82, 2.24) is 14.9 Å². The maximum atomic E-state index is 6.39. The highest BCUT2D eigenvalue weighted by Crippen LogP contribution is 2.41. The van der Waals surface area contributed by atoms with Gasteiger partial charge in [0.05, 0.1) is 38.3 Å². The maximum absolute atomic E-state index is 6.39. The second kappa shape index (κ2) is 10.4. The van der Waals surface area contributed by atoms with Gasteiger partial charge in [-0.3, -0.25) is 9.89 Å². The summed E-state index contributed by atoms with van der Waals surface area (Å²) < 4.78 is 23.4. The molecule has 2 aromatic carbocycles. The Bertz CT molecular complexity index is 1320. The van der Waals surface area contributed by atoms with Gasteiger partial charge in [0.1, 0.15) is 23.9 Å². The molecular formula is C28H31N5O4. The number of rotatable bonds is 7. The molecule has 0 amide bonds. The second-order valence-corrected chi connectivity index (χ2v) is 9.54. The Morgan fingerprint density at radius 2 is 2.03 bits per heavy atom. The third kappa shape index (κ3) is 5.10. The topological polar surface area (TPSA) is 104 Å². The van der Waals surface area contributed by atoms with Gasteiger partial charge in [0.2, 0.25) is 5.95 Å². The first-order chi connectivity index (χ1) is 18.2. The summed E-state index contributed by atoms with van der Waals surface area (Å²) in [7, 11) is 1.68. The molecule has 9 nitrogen and oxygen atoms in total. The number of nitrogen functional groups attached to an aromatic ring is 1. The van der Waals surface area contributed by atoms with Crippen LogP contribution in [0.25, 0.3) is 11.3 Å². The van der Waals surface area contributed by atoms with Gasteiger partial charge in [0.25, 0.3) is 0 Å². The van der Waals surface area contributed by atoms with Gasteiger partial charge in [-0.15, -0.1) is 0 Å². The van der Waals surface area contributed by atoms with Crippen molar-refractivity contribution < 1.29 is 18.9 Å². The fourth-order valence-corrected chi connectivity index (χ4v) is 5.15. The molecule has 1 atom stereocenters. The van der Waals surface area contributed by atoms with E-state index in [2.05, 4.69) is 33.1 Å². The third-order valence-corrected chi connectivity index (χ3v) is 7.19. The lowest BCUT2D eigenvalue weighted by atomic mass is 9.90. The number of hydrogen-bond donors (Lipinski definition) is 1. The van der Waals surface area contributed by atoms with E-state index in [0.717, 1.165) is 96.7 Å². The summed E-state index contributed by atoms with van der Waals surface area (Å²) in [6, 6.07) is 12.0. The first-order valence-corrected chi connectivity index (χ1v) is 12.7. The Balaban J connectivity index is 1.26. The van der Waals surface area contributed by atoms with Crippen molar-refractivity contribution in [2.45, 2.75) is 12.8 Å². The maximum Gasteiger partial charge on any atom is 0.220 e. The average Bonchev–Trinajstić information content (AvgIpc) is 3.37. The summed E-state index contributed by atoms with van der Waals surface area (Å²) in [5.41, 5.74) is 11.8. The van der Waals surface area contributed by atoms with E-state index >= 15 is 0 Å². The molecule has 3 aromatic rings. The van der Waals surface area contributed by atoms with Crippen LogP contribution in [0.2, 0.25) is 0 Å². The first-order valence-electron chi connectivity index (χ1n) is 12.7. The quantitative estimate of drug-likeness (QED) is 0.526. The second-order valence-electron chi connectivity index (χ2n) is 9.54. The van der Waals surface area contributed by atoms with Gasteiger partial charge in [-0.05, 0) is 48.4 Å². The van der Waals surface area contributed by atoms with Crippen molar-refractivity contribution in [1.29, 1.82) is 0 Å². The number of fused-ring (bicyclic) bond motifs is 2. The number of nitrogens with two attached hydrogens (primary N) is 1. The molecule has 9 heteroatoms. The number of methoxy groups -OCH3 is 1. The van der Waals surface area contributed by atoms with Crippen molar-refractivity contribution in [2.24, 2.45) is 10.9 Å². The zero-order valence-corrected chi connectivity index (χ0v) is 21.0. The van der Waals surface area contributed by atoms with Gasteiger partial charge in [-0.25, -0.2) is 9.97 Å². The first kappa shape index (κ1) is 23.7. The molecule has 1 unspecified atom stereocenters. The van der Waals surface area contributed by atoms with E-state index in [-0.39, 0.29) is 11.9 Å². The van der Waals surface area contributed by atoms with Gasteiger partial charge < -0.3 is 24.7 Å². The number of aliphatic imine (C=N–C) groups is 1. The Morgan fingerprint density at radius 1 is 1.14 bits per heavy atom. The number of nitrogens with zero attached hydrogens (tertiary/aromatic N) is 4. The van der Waals surface area contributed by atoms with E-state index in [1.54, 1.807) is 13.3 Å². The summed E-state index contributed by atoms with van der Waals surface area (Å²) in [6.07, 6.45) is 3.27. The predicted molar refractivity (Wildman–Crippen MR) is 141 cm³/mol. The predicted octanol–water partition coefficient (Wildman–Crippen LogP) is 3.33. The molecule has 37 heavy (non-hydrogen) atoms. The van der Waals surface area contributed by atoms with Crippen LogP contribution >= 0.6 is 0 Å². The van der Waals surface area contributed by atoms with Crippen molar-refractivity contribution in [2.75, 3.05) is 58.9 Å². The van der Waals surface area contributed by atoms with Crippen LogP contribution in [-0.2, 0) is 17.6 Å². The number of ether oxygens (including phenoxy) is 4. The number of hydrogen-bond acceptors (Lipinski definition) is 9. The highest BCUT2D eigenvalue weighted by molar-refractivity contribution is 5.98. The summed E-state index contributed by atoms with van der Waals surface area (Å²) in [6.45, 7) is 5.47. The molecule has 0 aliphatic carbocycles. The van der Waals surface area contributed by atoms with Crippen LogP contribution in [0.1, 0.15) is 11.1 Å². The van der Waals surface area contributed by atoms with Gasteiger partial charge >= 0.3 is 0 Å². The smallest absolute Gasteiger partial charge is 0.220 e. The Morgan fingerprint density at radius 3 is 2.86 bits per heavy atom. The standard InChI is InChI=1S/C28H31N5O4/c1-34-21-2-3-26-19(13-21)12-20(17-37-26)24-16-22-25(31-24)14-18(23-4-5-30-28(29)32-23)15-27(22)36-11-8-33-6-9-35-10-7-33/h2-5,13-15,20H,6-12,16-17H2,1H3,(H2,29,30,32). The number of morpholine rings is 1. The molecule has 3 aliphatic rings. The Labute approximate surface area is 216 Å². The summed E-state index contributed by atoms with van der Waals surface area (Å²) in [5, 5.41) is 0. The Kier molecular flexibility index (Phi) is 6.63. The number of benzene rings is 2. The molecule has 0 spiro atoms. The van der Waals surface area contributed by atoms with E-state index in [4.69, 9.17) is 29.7 Å². The van der Waals surface area contributed by atoms with Crippen molar-refractivity contribution in [3.8, 4) is 28.5 Å². The van der Waals surface area contributed by atoms with Crippen molar-refractivity contribution in [3.63, 3.8) is 0 Å². The molecule has 1 saturated heterocycles. The largest absolute Gasteiger partial charge is 0.497 e. The molecule has 0 bridgehead atoms. The van der Waals surface area contributed by atoms with E-state index in [0.29, 0.717) is 13.2 Å². The van der Waals surface area contributed by atoms with Crippen LogP contribution < -0.4 is 19.9 Å². The molecule has 2 N–H and O–H groups in total. The minimum atomic E-state index is 0.186. The van der Waals surface area contributed by atoms with Crippen LogP contribution in [0.3, 0.4) is 0 Å². The van der Waals surface area contributed by atoms with E-state index in [9.17, 15) is 0 Å². The minimum Gasteiger partial charge on any atom is -0.497 e. The summed E-state index contributed by atoms with van der Waals surface area (Å²) in [5.74, 6) is 3.03. The summed E-state index contributed by atoms with van der Waals surface area (Å²) >= 11 is 0. The molecule has 4 heterocycles. The zero-order valence-electron chi connectivity index (χ0n) is 21.0. The van der Waals surface area contributed by atoms with Gasteiger partial charge in [-0.2, -0.15) is 0 Å². The number of anilines is 1. The highest BCUT2D eigenvalue weighted by Gasteiger charge is 2.30. The SMILES string of the molecule is COc1ccc2c(c1)CC(C1=Nc3cc(-c4ccnc(N)n4)cc(OCCN4CCOCC4)c3C1)CO2. The van der Waals surface area contributed by atoms with E-state index < -0.39 is 0 Å². The molecular weight excluding hydrogens is 470 g/mol. The van der Waals surface area contributed by atoms with E-state index in [1.165, 1.54) is 0 Å². The molecule has 0 saturated carbocycles. The fraction of sp³-hybridized carbons (Fsp3) is 0.393. The summed E-state index contributed by atoms with van der Waals surface area (Å²) in [4.78, 5) is 15.9. The van der Waals surface area contributed by atoms with Crippen molar-refractivity contribution in [3.05, 3.63) is 53.7 Å². The molecule has 3 aliphatic heterocycles. The molecule has 6 rings (SSSR count). The van der Waals surface area contributed by atoms with Crippen LogP contribution in [0, 0.1) is 5.92 Å². The number of aromatic nitrogens is 2. The lowest BCUT2D eigenvalue weighted by Gasteiger charge is -2.26. The van der Waals surface area contributed by atoms with Crippen LogP contribution in [0.15, 0.2) is 47.6 Å². The normalized spacial score (nSPS) is 18.9. The van der Waals surface area contributed by atoms with Crippen LogP contribution in [0.5, 0.6) is 17.2 Å². The Hall–Kier alpha value is -3.69. The minimum absolute atomic E-state index is 0.186. The zero-order chi connectivity index (χ0) is 25.2. The lowest BCUT2D eigenvalue weighted by Crippen LogP contribution is -2.38.